The zero-order valence-electron chi connectivity index (χ0n) is 16.8. The van der Waals surface area contributed by atoms with Gasteiger partial charge in [-0.15, -0.1) is 0 Å². The summed E-state index contributed by atoms with van der Waals surface area (Å²) >= 11 is 0. The minimum atomic E-state index is -0.423. The van der Waals surface area contributed by atoms with Gasteiger partial charge in [-0.1, -0.05) is 51.9 Å². The van der Waals surface area contributed by atoms with Crippen LogP contribution in [0.4, 0.5) is 0 Å². The van der Waals surface area contributed by atoms with E-state index in [0.29, 0.717) is 30.9 Å². The maximum Gasteiger partial charge on any atom is 0.338 e. The standard InChI is InChI=1S/C22H34O5/c1-3-5-6-7-8-9-10-11-16-26-21(23)19-12-14-20(15-13-19)22(24)27-18-17-25-4-2/h12-15H,3-11,16-18H2,1-2H3. The molecule has 1 aromatic carbocycles. The lowest BCUT2D eigenvalue weighted by Gasteiger charge is -2.07. The van der Waals surface area contributed by atoms with Crippen LogP contribution >= 0.6 is 0 Å². The lowest BCUT2D eigenvalue weighted by atomic mass is 10.1. The van der Waals surface area contributed by atoms with Crippen molar-refractivity contribution in [2.45, 2.75) is 65.2 Å². The van der Waals surface area contributed by atoms with Crippen molar-refractivity contribution >= 4 is 11.9 Å². The van der Waals surface area contributed by atoms with E-state index in [-0.39, 0.29) is 12.6 Å². The van der Waals surface area contributed by atoms with Crippen molar-refractivity contribution in [1.29, 1.82) is 0 Å². The molecule has 0 fully saturated rings. The Balaban J connectivity index is 2.19. The monoisotopic (exact) mass is 378 g/mol. The summed E-state index contributed by atoms with van der Waals surface area (Å²) in [6, 6.07) is 6.34. The molecule has 0 aliphatic heterocycles. The number of esters is 2. The van der Waals surface area contributed by atoms with Gasteiger partial charge in [0, 0.05) is 6.61 Å². The van der Waals surface area contributed by atoms with Crippen molar-refractivity contribution in [2.75, 3.05) is 26.4 Å². The second-order valence-electron chi connectivity index (χ2n) is 6.52. The van der Waals surface area contributed by atoms with E-state index in [2.05, 4.69) is 6.92 Å². The Bertz CT molecular complexity index is 524. The quantitative estimate of drug-likeness (QED) is 0.311. The summed E-state index contributed by atoms with van der Waals surface area (Å²) in [6.07, 6.45) is 9.65. The van der Waals surface area contributed by atoms with Gasteiger partial charge in [-0.05, 0) is 37.6 Å². The molecule has 0 bridgehead atoms. The van der Waals surface area contributed by atoms with Crippen LogP contribution in [-0.2, 0) is 14.2 Å². The summed E-state index contributed by atoms with van der Waals surface area (Å²) in [5, 5.41) is 0. The maximum atomic E-state index is 12.0. The van der Waals surface area contributed by atoms with Gasteiger partial charge in [0.05, 0.1) is 24.3 Å². The second kappa shape index (κ2) is 15.2. The van der Waals surface area contributed by atoms with E-state index in [9.17, 15) is 9.59 Å². The minimum absolute atomic E-state index is 0.217. The Hall–Kier alpha value is -1.88. The Labute approximate surface area is 163 Å². The Kier molecular flexibility index (Phi) is 13.0. The molecule has 0 N–H and O–H groups in total. The first-order valence-electron chi connectivity index (χ1n) is 10.2. The van der Waals surface area contributed by atoms with Gasteiger partial charge in [-0.3, -0.25) is 0 Å². The first-order valence-corrected chi connectivity index (χ1v) is 10.2. The van der Waals surface area contributed by atoms with Gasteiger partial charge in [0.2, 0.25) is 0 Å². The number of rotatable bonds is 15. The number of hydrogen-bond acceptors (Lipinski definition) is 5. The molecule has 0 saturated carbocycles. The molecule has 0 atom stereocenters. The third kappa shape index (κ3) is 10.8. The molecule has 0 aromatic heterocycles. The van der Waals surface area contributed by atoms with Crippen LogP contribution in [0.1, 0.15) is 85.9 Å². The number of hydrogen-bond donors (Lipinski definition) is 0. The highest BCUT2D eigenvalue weighted by Gasteiger charge is 2.10. The number of carbonyl (C=O) groups is 2. The molecule has 1 rings (SSSR count). The van der Waals surface area contributed by atoms with Crippen molar-refractivity contribution in [2.24, 2.45) is 0 Å². The molecule has 0 aliphatic rings. The van der Waals surface area contributed by atoms with Gasteiger partial charge in [0.15, 0.2) is 0 Å². The summed E-state index contributed by atoms with van der Waals surface area (Å²) < 4.78 is 15.5. The van der Waals surface area contributed by atoms with Crippen LogP contribution in [-0.4, -0.2) is 38.4 Å². The molecule has 0 heterocycles. The van der Waals surface area contributed by atoms with Crippen LogP contribution in [0.3, 0.4) is 0 Å². The number of benzene rings is 1. The number of unbranched alkanes of at least 4 members (excludes halogenated alkanes) is 7. The molecule has 0 unspecified atom stereocenters. The maximum absolute atomic E-state index is 12.0. The average molecular weight is 379 g/mol. The van der Waals surface area contributed by atoms with E-state index in [0.717, 1.165) is 12.8 Å². The minimum Gasteiger partial charge on any atom is -0.462 e. The lowest BCUT2D eigenvalue weighted by Crippen LogP contribution is -2.11. The van der Waals surface area contributed by atoms with E-state index < -0.39 is 5.97 Å². The van der Waals surface area contributed by atoms with Gasteiger partial charge in [-0.2, -0.15) is 0 Å². The summed E-state index contributed by atoms with van der Waals surface area (Å²) in [5.41, 5.74) is 0.853. The first-order chi connectivity index (χ1) is 13.2. The van der Waals surface area contributed by atoms with E-state index >= 15 is 0 Å². The normalized spacial score (nSPS) is 10.6. The highest BCUT2D eigenvalue weighted by atomic mass is 16.6. The smallest absolute Gasteiger partial charge is 0.338 e. The van der Waals surface area contributed by atoms with Gasteiger partial charge in [-0.25, -0.2) is 9.59 Å². The van der Waals surface area contributed by atoms with Crippen LogP contribution in [0, 0.1) is 0 Å². The predicted octanol–water partition coefficient (Wildman–Crippen LogP) is 5.18. The van der Waals surface area contributed by atoms with Crippen molar-refractivity contribution < 1.29 is 23.8 Å². The largest absolute Gasteiger partial charge is 0.462 e. The van der Waals surface area contributed by atoms with E-state index in [1.54, 1.807) is 24.3 Å². The lowest BCUT2D eigenvalue weighted by molar-refractivity contribution is 0.0334. The summed E-state index contributed by atoms with van der Waals surface area (Å²) in [4.78, 5) is 23.9. The molecule has 0 aliphatic carbocycles. The van der Waals surface area contributed by atoms with Crippen molar-refractivity contribution in [3.63, 3.8) is 0 Å². The molecule has 1 aromatic rings. The Morgan fingerprint density at radius 1 is 0.667 bits per heavy atom. The van der Waals surface area contributed by atoms with Gasteiger partial charge < -0.3 is 14.2 Å². The first kappa shape index (κ1) is 23.2. The molecule has 0 saturated heterocycles. The fourth-order valence-corrected chi connectivity index (χ4v) is 2.65. The van der Waals surface area contributed by atoms with Crippen LogP contribution < -0.4 is 0 Å². The van der Waals surface area contributed by atoms with Gasteiger partial charge in [0.1, 0.15) is 6.61 Å². The zero-order chi connectivity index (χ0) is 19.7. The topological polar surface area (TPSA) is 61.8 Å². The van der Waals surface area contributed by atoms with Crippen LogP contribution in [0.15, 0.2) is 24.3 Å². The average Bonchev–Trinajstić information content (AvgIpc) is 2.69. The highest BCUT2D eigenvalue weighted by Crippen LogP contribution is 2.10. The van der Waals surface area contributed by atoms with Crippen LogP contribution in [0.25, 0.3) is 0 Å². The van der Waals surface area contributed by atoms with E-state index in [4.69, 9.17) is 14.2 Å². The third-order valence-corrected chi connectivity index (χ3v) is 4.25. The molecule has 0 amide bonds. The molecule has 0 spiro atoms. The summed E-state index contributed by atoms with van der Waals surface area (Å²) in [6.45, 7) is 5.73. The SMILES string of the molecule is CCCCCCCCCCOC(=O)c1ccc(C(=O)OCCOCC)cc1. The molecule has 152 valence electrons. The third-order valence-electron chi connectivity index (χ3n) is 4.25. The molecule has 27 heavy (non-hydrogen) atoms. The molecular formula is C22H34O5. The van der Waals surface area contributed by atoms with Crippen molar-refractivity contribution in [3.05, 3.63) is 35.4 Å². The Morgan fingerprint density at radius 3 is 1.67 bits per heavy atom. The highest BCUT2D eigenvalue weighted by molar-refractivity contribution is 5.93. The second-order valence-corrected chi connectivity index (χ2v) is 6.52. The molecule has 5 heteroatoms. The van der Waals surface area contributed by atoms with Crippen LogP contribution in [0.5, 0.6) is 0 Å². The summed E-state index contributed by atoms with van der Waals surface area (Å²) in [5.74, 6) is -0.775. The van der Waals surface area contributed by atoms with Crippen molar-refractivity contribution in [1.82, 2.24) is 0 Å². The molecular weight excluding hydrogens is 344 g/mol. The van der Waals surface area contributed by atoms with Gasteiger partial charge in [0.25, 0.3) is 0 Å². The molecule has 5 nitrogen and oxygen atoms in total. The molecule has 0 radical (unpaired) electrons. The fraction of sp³-hybridized carbons (Fsp3) is 0.636. The predicted molar refractivity (Wildman–Crippen MR) is 106 cm³/mol. The van der Waals surface area contributed by atoms with Gasteiger partial charge >= 0.3 is 11.9 Å². The van der Waals surface area contributed by atoms with Crippen LogP contribution in [0.2, 0.25) is 0 Å². The fourth-order valence-electron chi connectivity index (χ4n) is 2.65. The number of carbonyl (C=O) groups excluding carboxylic acids is 2. The van der Waals surface area contributed by atoms with E-state index in [1.165, 1.54) is 38.5 Å². The Morgan fingerprint density at radius 2 is 1.15 bits per heavy atom. The van der Waals surface area contributed by atoms with E-state index in [1.807, 2.05) is 6.92 Å². The summed E-state index contributed by atoms with van der Waals surface area (Å²) in [7, 11) is 0. The number of ether oxygens (including phenoxy) is 3. The van der Waals surface area contributed by atoms with Crippen molar-refractivity contribution in [3.8, 4) is 0 Å². The zero-order valence-corrected chi connectivity index (χ0v) is 16.8.